The van der Waals surface area contributed by atoms with Crippen LogP contribution in [0.5, 0.6) is 0 Å². The zero-order valence-electron chi connectivity index (χ0n) is 22.3. The zero-order valence-corrected chi connectivity index (χ0v) is 22.3. The minimum Gasteiger partial charge on any atom is -0.446 e. The maximum Gasteiger partial charge on any atom is 0.407 e. The molecule has 40 heavy (non-hydrogen) atoms. The molecule has 2 aliphatic rings. The van der Waals surface area contributed by atoms with Gasteiger partial charge in [-0.3, -0.25) is 4.79 Å². The van der Waals surface area contributed by atoms with Gasteiger partial charge in [-0.05, 0) is 48.8 Å². The molecule has 2 aromatic carbocycles. The monoisotopic (exact) mass is 549 g/mol. The van der Waals surface area contributed by atoms with Crippen molar-refractivity contribution < 1.29 is 23.1 Å². The van der Waals surface area contributed by atoms with Gasteiger partial charge in [0.15, 0.2) is 5.82 Å². The van der Waals surface area contributed by atoms with Crippen LogP contribution in [0.15, 0.2) is 60.7 Å². The summed E-state index contributed by atoms with van der Waals surface area (Å²) in [4.78, 5) is 24.3. The highest BCUT2D eigenvalue weighted by Crippen LogP contribution is 2.50. The number of benzene rings is 2. The van der Waals surface area contributed by atoms with Gasteiger partial charge in [0, 0.05) is 37.4 Å². The van der Waals surface area contributed by atoms with E-state index in [2.05, 4.69) is 20.8 Å². The van der Waals surface area contributed by atoms with Crippen molar-refractivity contribution in [2.45, 2.75) is 62.5 Å². The van der Waals surface area contributed by atoms with Gasteiger partial charge in [-0.1, -0.05) is 54.6 Å². The van der Waals surface area contributed by atoms with Crippen LogP contribution in [0, 0.1) is 5.92 Å². The largest absolute Gasteiger partial charge is 0.446 e. The van der Waals surface area contributed by atoms with E-state index in [1.54, 1.807) is 18.2 Å². The Hall–Kier alpha value is -3.92. The number of anilines is 1. The maximum absolute atomic E-state index is 13.5. The molecule has 210 valence electrons. The summed E-state index contributed by atoms with van der Waals surface area (Å²) in [5.74, 6) is -2.32. The molecule has 1 aromatic heterocycles. The van der Waals surface area contributed by atoms with Gasteiger partial charge in [0.05, 0.1) is 5.54 Å². The SMILES string of the molecule is CNC(=O)O[C@H]1CC[C@H](CC(=O)Nc2cc(-c3ccccc3)c(-c3ccc(C4(N)CC(F)(F)C4)cc3)nn2)CC1. The van der Waals surface area contributed by atoms with Gasteiger partial charge in [-0.15, -0.1) is 10.2 Å². The van der Waals surface area contributed by atoms with Crippen LogP contribution >= 0.6 is 0 Å². The highest BCUT2D eigenvalue weighted by Gasteiger charge is 2.55. The van der Waals surface area contributed by atoms with E-state index in [9.17, 15) is 18.4 Å². The summed E-state index contributed by atoms with van der Waals surface area (Å²) in [6, 6.07) is 18.6. The van der Waals surface area contributed by atoms with Crippen molar-refractivity contribution in [3.63, 3.8) is 0 Å². The van der Waals surface area contributed by atoms with E-state index in [-0.39, 0.29) is 30.8 Å². The Morgan fingerprint density at radius 2 is 1.65 bits per heavy atom. The van der Waals surface area contributed by atoms with Crippen LogP contribution in [0.4, 0.5) is 19.4 Å². The summed E-state index contributed by atoms with van der Waals surface area (Å²) >= 11 is 0. The molecule has 0 aliphatic heterocycles. The number of hydrogen-bond acceptors (Lipinski definition) is 6. The van der Waals surface area contributed by atoms with Gasteiger partial charge in [0.1, 0.15) is 11.8 Å². The van der Waals surface area contributed by atoms with Crippen molar-refractivity contribution in [1.82, 2.24) is 15.5 Å². The molecule has 0 atom stereocenters. The average molecular weight is 550 g/mol. The predicted octanol–water partition coefficient (Wildman–Crippen LogP) is 5.64. The fraction of sp³-hybridized carbons (Fsp3) is 0.400. The lowest BCUT2D eigenvalue weighted by Gasteiger charge is -2.44. The molecule has 0 bridgehead atoms. The van der Waals surface area contributed by atoms with Crippen molar-refractivity contribution in [2.24, 2.45) is 11.7 Å². The molecule has 1 heterocycles. The fourth-order valence-electron chi connectivity index (χ4n) is 5.66. The lowest BCUT2D eigenvalue weighted by molar-refractivity contribution is -0.125. The normalized spacial score (nSPS) is 21.1. The Morgan fingerprint density at radius 1 is 0.975 bits per heavy atom. The third-order valence-corrected chi connectivity index (χ3v) is 7.77. The lowest BCUT2D eigenvalue weighted by Crippen LogP contribution is -2.55. The first-order valence-corrected chi connectivity index (χ1v) is 13.5. The summed E-state index contributed by atoms with van der Waals surface area (Å²) in [5.41, 5.74) is 8.89. The second-order valence-electron chi connectivity index (χ2n) is 10.9. The number of carbonyl (C=O) groups is 2. The summed E-state index contributed by atoms with van der Waals surface area (Å²) in [6.45, 7) is 0. The van der Waals surface area contributed by atoms with Crippen LogP contribution < -0.4 is 16.4 Å². The molecule has 0 radical (unpaired) electrons. The number of carbonyl (C=O) groups excluding carboxylic acids is 2. The minimum absolute atomic E-state index is 0.120. The molecule has 2 amide bonds. The lowest BCUT2D eigenvalue weighted by atomic mass is 9.70. The standard InChI is InChI=1S/C30H33F2N5O3/c1-34-28(39)40-23-13-7-19(8-14-23)15-26(38)35-25-16-24(20-5-3-2-4-6-20)27(37-36-25)21-9-11-22(12-10-21)29(33)17-30(31,32)18-29/h2-6,9-12,16,19,23H,7-8,13-15,17-18,33H2,1H3,(H,34,39)(H,35,36,38)/t19-,23-. The quantitative estimate of drug-likeness (QED) is 0.351. The second-order valence-corrected chi connectivity index (χ2v) is 10.9. The third-order valence-electron chi connectivity index (χ3n) is 7.77. The Morgan fingerprint density at radius 3 is 2.27 bits per heavy atom. The van der Waals surface area contributed by atoms with Crippen LogP contribution in [0.2, 0.25) is 0 Å². The number of nitrogens with one attached hydrogen (secondary N) is 2. The van der Waals surface area contributed by atoms with E-state index in [0.717, 1.165) is 42.4 Å². The number of alkyl carbamates (subject to hydrolysis) is 1. The topological polar surface area (TPSA) is 119 Å². The molecule has 2 saturated carbocycles. The van der Waals surface area contributed by atoms with Gasteiger partial charge in [-0.25, -0.2) is 13.6 Å². The maximum atomic E-state index is 13.5. The Bertz CT molecular complexity index is 1350. The molecule has 2 fully saturated rings. The van der Waals surface area contributed by atoms with Crippen LogP contribution in [0.1, 0.15) is 50.5 Å². The first-order valence-electron chi connectivity index (χ1n) is 13.5. The van der Waals surface area contributed by atoms with E-state index >= 15 is 0 Å². The number of halogens is 2. The molecule has 5 rings (SSSR count). The van der Waals surface area contributed by atoms with E-state index < -0.39 is 17.6 Å². The van der Waals surface area contributed by atoms with Crippen LogP contribution in [0.25, 0.3) is 22.4 Å². The minimum atomic E-state index is -2.72. The van der Waals surface area contributed by atoms with Crippen molar-refractivity contribution >= 4 is 17.8 Å². The highest BCUT2D eigenvalue weighted by molar-refractivity contribution is 5.91. The zero-order chi connectivity index (χ0) is 28.3. The smallest absolute Gasteiger partial charge is 0.407 e. The Balaban J connectivity index is 1.29. The molecule has 4 N–H and O–H groups in total. The predicted molar refractivity (Wildman–Crippen MR) is 147 cm³/mol. The molecule has 0 saturated heterocycles. The van der Waals surface area contributed by atoms with Crippen molar-refractivity contribution in [3.05, 3.63) is 66.2 Å². The summed E-state index contributed by atoms with van der Waals surface area (Å²) in [5, 5.41) is 14.1. The van der Waals surface area contributed by atoms with Crippen molar-refractivity contribution in [2.75, 3.05) is 12.4 Å². The van der Waals surface area contributed by atoms with Gasteiger partial charge in [-0.2, -0.15) is 0 Å². The van der Waals surface area contributed by atoms with E-state index in [0.29, 0.717) is 23.5 Å². The summed E-state index contributed by atoms with van der Waals surface area (Å²) < 4.78 is 32.3. The molecule has 0 spiro atoms. The van der Waals surface area contributed by atoms with Crippen LogP contribution in [0.3, 0.4) is 0 Å². The van der Waals surface area contributed by atoms with Gasteiger partial charge >= 0.3 is 6.09 Å². The number of aromatic nitrogens is 2. The second kappa shape index (κ2) is 11.3. The molecular weight excluding hydrogens is 516 g/mol. The van der Waals surface area contributed by atoms with E-state index in [1.165, 1.54) is 7.05 Å². The number of amides is 2. The van der Waals surface area contributed by atoms with Crippen molar-refractivity contribution in [1.29, 1.82) is 0 Å². The van der Waals surface area contributed by atoms with E-state index in [1.807, 2.05) is 42.5 Å². The number of rotatable bonds is 7. The molecule has 8 nitrogen and oxygen atoms in total. The number of alkyl halides is 2. The average Bonchev–Trinajstić information content (AvgIpc) is 2.93. The first-order chi connectivity index (χ1) is 19.1. The van der Waals surface area contributed by atoms with Gasteiger partial charge in [0.25, 0.3) is 5.92 Å². The summed E-state index contributed by atoms with van der Waals surface area (Å²) in [6.07, 6.45) is 2.11. The van der Waals surface area contributed by atoms with Gasteiger partial charge < -0.3 is 21.1 Å². The molecule has 10 heteroatoms. The number of hydrogen-bond donors (Lipinski definition) is 3. The third kappa shape index (κ3) is 6.28. The molecule has 3 aromatic rings. The molecule has 0 unspecified atom stereocenters. The number of nitrogens with two attached hydrogens (primary N) is 1. The van der Waals surface area contributed by atoms with Crippen LogP contribution in [-0.4, -0.2) is 41.3 Å². The Labute approximate surface area is 231 Å². The summed E-state index contributed by atoms with van der Waals surface area (Å²) in [7, 11) is 1.53. The number of ether oxygens (including phenoxy) is 1. The van der Waals surface area contributed by atoms with E-state index in [4.69, 9.17) is 10.5 Å². The fourth-order valence-corrected chi connectivity index (χ4v) is 5.66. The Kier molecular flexibility index (Phi) is 7.80. The molecule has 2 aliphatic carbocycles. The van der Waals surface area contributed by atoms with Crippen LogP contribution in [-0.2, 0) is 15.1 Å². The number of nitrogens with zero attached hydrogens (tertiary/aromatic N) is 2. The highest BCUT2D eigenvalue weighted by atomic mass is 19.3. The van der Waals surface area contributed by atoms with Gasteiger partial charge in [0.2, 0.25) is 5.91 Å². The van der Waals surface area contributed by atoms with Crippen molar-refractivity contribution in [3.8, 4) is 22.4 Å². The first kappa shape index (κ1) is 27.6. The molecular formula is C30H33F2N5O3.